The molecule has 0 aromatic rings. The van der Waals surface area contributed by atoms with E-state index in [0.29, 0.717) is 12.8 Å². The number of unbranched alkanes of at least 4 members (excludes halogenated alkanes) is 5. The van der Waals surface area contributed by atoms with Crippen LogP contribution in [0, 0.1) is 0 Å². The van der Waals surface area contributed by atoms with Crippen molar-refractivity contribution in [1.29, 1.82) is 0 Å². The highest BCUT2D eigenvalue weighted by molar-refractivity contribution is 7.47. The molecule has 354 valence electrons. The summed E-state index contributed by atoms with van der Waals surface area (Å²) in [5.41, 5.74) is 0. The van der Waals surface area contributed by atoms with Crippen LogP contribution >= 0.6 is 7.82 Å². The monoisotopic (exact) mass is 902 g/mol. The van der Waals surface area contributed by atoms with E-state index >= 15 is 0 Å². The van der Waals surface area contributed by atoms with Gasteiger partial charge in [0.15, 0.2) is 6.10 Å². The van der Waals surface area contributed by atoms with E-state index < -0.39 is 75.7 Å². The number of aliphatic hydroxyl groups is 5. The van der Waals surface area contributed by atoms with Gasteiger partial charge in [0, 0.05) is 12.8 Å². The van der Waals surface area contributed by atoms with E-state index in [9.17, 15) is 44.6 Å². The number of phosphoric acid groups is 1. The van der Waals surface area contributed by atoms with Gasteiger partial charge in [-0.15, -0.1) is 0 Å². The van der Waals surface area contributed by atoms with E-state index in [1.807, 2.05) is 42.5 Å². The number of phosphoric ester groups is 1. The fourth-order valence-corrected chi connectivity index (χ4v) is 6.80. The van der Waals surface area contributed by atoms with E-state index in [1.165, 1.54) is 0 Å². The average molecular weight is 903 g/mol. The number of hydrogen-bond acceptors (Lipinski definition) is 12. The van der Waals surface area contributed by atoms with Crippen molar-refractivity contribution in [2.45, 2.75) is 159 Å². The third-order valence-corrected chi connectivity index (χ3v) is 10.4. The zero-order valence-corrected chi connectivity index (χ0v) is 38.2. The van der Waals surface area contributed by atoms with Crippen molar-refractivity contribution >= 4 is 19.8 Å². The summed E-state index contributed by atoms with van der Waals surface area (Å²) in [5.74, 6) is -1.21. The Bertz CT molecular complexity index is 1560. The Morgan fingerprint density at radius 1 is 0.508 bits per heavy atom. The molecule has 0 saturated heterocycles. The summed E-state index contributed by atoms with van der Waals surface area (Å²) in [5, 5.41) is 50.1. The van der Waals surface area contributed by atoms with Gasteiger partial charge in [-0.1, -0.05) is 142 Å². The lowest BCUT2D eigenvalue weighted by atomic mass is 9.85. The molecule has 0 radical (unpaired) electrons. The molecule has 13 nitrogen and oxygen atoms in total. The van der Waals surface area contributed by atoms with Gasteiger partial charge in [0.2, 0.25) is 0 Å². The molecule has 0 spiro atoms. The van der Waals surface area contributed by atoms with Crippen molar-refractivity contribution in [3.05, 3.63) is 122 Å². The molecule has 14 heteroatoms. The van der Waals surface area contributed by atoms with Crippen molar-refractivity contribution in [3.63, 3.8) is 0 Å². The maximum atomic E-state index is 12.8. The predicted molar refractivity (Wildman–Crippen MR) is 248 cm³/mol. The number of rotatable bonds is 34. The van der Waals surface area contributed by atoms with Crippen molar-refractivity contribution < 1.29 is 63.1 Å². The first-order valence-electron chi connectivity index (χ1n) is 22.4. The summed E-state index contributed by atoms with van der Waals surface area (Å²) in [6.45, 7) is 2.94. The molecule has 1 rings (SSSR count). The molecule has 0 heterocycles. The lowest BCUT2D eigenvalue weighted by Crippen LogP contribution is -2.64. The first-order chi connectivity index (χ1) is 30.4. The molecule has 1 saturated carbocycles. The fraction of sp³-hybridized carbons (Fsp3) is 0.551. The maximum absolute atomic E-state index is 12.8. The van der Waals surface area contributed by atoms with Gasteiger partial charge in [-0.2, -0.15) is 0 Å². The first kappa shape index (κ1) is 57.3. The Balaban J connectivity index is 2.52. The lowest BCUT2D eigenvalue weighted by Gasteiger charge is -2.41. The quantitative estimate of drug-likeness (QED) is 0.0118. The van der Waals surface area contributed by atoms with Crippen LogP contribution in [0.5, 0.6) is 0 Å². The van der Waals surface area contributed by atoms with Crippen LogP contribution in [0.4, 0.5) is 0 Å². The molecular weight excluding hydrogens is 828 g/mol. The van der Waals surface area contributed by atoms with Crippen molar-refractivity contribution in [1.82, 2.24) is 0 Å². The summed E-state index contributed by atoms with van der Waals surface area (Å²) in [6, 6.07) is 0. The second-order valence-electron chi connectivity index (χ2n) is 14.9. The Morgan fingerprint density at radius 2 is 0.937 bits per heavy atom. The number of aliphatic hydroxyl groups excluding tert-OH is 5. The number of carbonyl (C=O) groups is 2. The zero-order valence-electron chi connectivity index (χ0n) is 37.3. The van der Waals surface area contributed by atoms with Crippen LogP contribution in [0.1, 0.15) is 117 Å². The van der Waals surface area contributed by atoms with Gasteiger partial charge in [-0.3, -0.25) is 18.6 Å². The standard InChI is InChI=1S/C49H75O13P/c1-3-5-7-9-11-13-15-17-18-19-20-21-22-23-24-26-27-29-31-33-35-37-42(50)59-39-41(40-60-63(57,58)62-49-47(55)45(53)44(52)46(54)48(49)56)61-43(51)38-36-34-32-30-28-25-16-14-12-10-8-6-4-2/h5-8,10-14,16-18,20-21,23-25,27-29,41,44-49,52-56H,3-4,9,15,19,22,26,30-40H2,1-2H3,(H,57,58)/b7-5+,8-6+,12-10+,13-11+,16-14+,18-17+,21-20+,24-23+,28-25+,29-27+/t41?,44?,45-,46?,47?,48?,49?/m0/s1. The van der Waals surface area contributed by atoms with Crippen LogP contribution < -0.4 is 0 Å². The summed E-state index contributed by atoms with van der Waals surface area (Å²) in [7, 11) is -5.15. The zero-order chi connectivity index (χ0) is 46.4. The van der Waals surface area contributed by atoms with Gasteiger partial charge in [-0.25, -0.2) is 4.57 Å². The predicted octanol–water partition coefficient (Wildman–Crippen LogP) is 8.61. The SMILES string of the molecule is CC/C=C/C=C/C=C/C=C/CCCCCC(=O)OC(COC(=O)CCCC/C=C/C/C=C/C/C=C/C/C=C/C/C=C/C/C=C/CC)COP(=O)(O)OC1C(O)C(O)C(O)[C@H](O)C1O. The Kier molecular flexibility index (Phi) is 34.2. The minimum absolute atomic E-state index is 0.0323. The molecule has 7 unspecified atom stereocenters. The van der Waals surface area contributed by atoms with E-state index in [1.54, 1.807) is 0 Å². The Morgan fingerprint density at radius 3 is 1.49 bits per heavy atom. The third-order valence-electron chi connectivity index (χ3n) is 9.39. The van der Waals surface area contributed by atoms with Crippen molar-refractivity contribution in [2.24, 2.45) is 0 Å². The molecule has 1 aliphatic carbocycles. The highest BCUT2D eigenvalue weighted by Gasteiger charge is 2.51. The van der Waals surface area contributed by atoms with Crippen LogP contribution in [0.25, 0.3) is 0 Å². The summed E-state index contributed by atoms with van der Waals surface area (Å²) < 4.78 is 33.4. The number of hydrogen-bond donors (Lipinski definition) is 6. The van der Waals surface area contributed by atoms with Gasteiger partial charge in [0.1, 0.15) is 43.2 Å². The fourth-order valence-electron chi connectivity index (χ4n) is 5.83. The average Bonchev–Trinajstić information content (AvgIpc) is 3.26. The molecule has 8 atom stereocenters. The Labute approximate surface area is 375 Å². The van der Waals surface area contributed by atoms with E-state index in [-0.39, 0.29) is 12.8 Å². The minimum atomic E-state index is -5.15. The minimum Gasteiger partial charge on any atom is -0.462 e. The van der Waals surface area contributed by atoms with Crippen LogP contribution in [-0.4, -0.2) is 98.3 Å². The summed E-state index contributed by atoms with van der Waals surface area (Å²) in [4.78, 5) is 35.6. The molecule has 0 amide bonds. The molecule has 63 heavy (non-hydrogen) atoms. The molecule has 0 aliphatic heterocycles. The second kappa shape index (κ2) is 37.6. The topological polar surface area (TPSA) is 210 Å². The van der Waals surface area contributed by atoms with Crippen LogP contribution in [0.2, 0.25) is 0 Å². The van der Waals surface area contributed by atoms with Crippen molar-refractivity contribution in [2.75, 3.05) is 13.2 Å². The number of allylic oxidation sites excluding steroid dienone is 20. The highest BCUT2D eigenvalue weighted by atomic mass is 31.2. The van der Waals surface area contributed by atoms with Gasteiger partial charge in [0.25, 0.3) is 0 Å². The van der Waals surface area contributed by atoms with Crippen LogP contribution in [-0.2, 0) is 32.7 Å². The summed E-state index contributed by atoms with van der Waals surface area (Å²) >= 11 is 0. The molecule has 0 aromatic carbocycles. The molecular formula is C49H75O13P. The van der Waals surface area contributed by atoms with E-state index in [2.05, 4.69) is 92.8 Å². The maximum Gasteiger partial charge on any atom is 0.472 e. The van der Waals surface area contributed by atoms with Gasteiger partial charge in [0.05, 0.1) is 6.61 Å². The molecule has 6 N–H and O–H groups in total. The second-order valence-corrected chi connectivity index (χ2v) is 16.3. The Hall–Kier alpha value is -3.75. The van der Waals surface area contributed by atoms with Crippen LogP contribution in [0.15, 0.2) is 122 Å². The number of carbonyl (C=O) groups excluding carboxylic acids is 2. The van der Waals surface area contributed by atoms with Crippen LogP contribution in [0.3, 0.4) is 0 Å². The highest BCUT2D eigenvalue weighted by Crippen LogP contribution is 2.47. The third kappa shape index (κ3) is 30.1. The molecule has 0 bridgehead atoms. The van der Waals surface area contributed by atoms with Crippen molar-refractivity contribution in [3.8, 4) is 0 Å². The first-order valence-corrected chi connectivity index (χ1v) is 23.9. The number of ether oxygens (including phenoxy) is 2. The normalized spacial score (nSPS) is 22.9. The van der Waals surface area contributed by atoms with Gasteiger partial charge < -0.3 is 39.9 Å². The largest absolute Gasteiger partial charge is 0.472 e. The van der Waals surface area contributed by atoms with Gasteiger partial charge >= 0.3 is 19.8 Å². The van der Waals surface area contributed by atoms with Gasteiger partial charge in [-0.05, 0) is 83.5 Å². The number of esters is 2. The lowest BCUT2D eigenvalue weighted by molar-refractivity contribution is -0.220. The molecule has 0 aromatic heterocycles. The molecule has 1 fully saturated rings. The van der Waals surface area contributed by atoms with E-state index in [4.69, 9.17) is 18.5 Å². The smallest absolute Gasteiger partial charge is 0.462 e. The summed E-state index contributed by atoms with van der Waals surface area (Å²) in [6.07, 6.45) is 39.8. The molecule has 1 aliphatic rings. The van der Waals surface area contributed by atoms with E-state index in [0.717, 1.165) is 77.0 Å².